The molecule has 0 spiro atoms. The molecule has 0 fully saturated rings. The van der Waals surface area contributed by atoms with E-state index in [0.717, 1.165) is 16.1 Å². The van der Waals surface area contributed by atoms with Gasteiger partial charge in [-0.15, -0.1) is 11.6 Å². The minimum atomic E-state index is -0.151. The third-order valence-electron chi connectivity index (χ3n) is 2.89. The van der Waals surface area contributed by atoms with E-state index in [2.05, 4.69) is 5.32 Å². The molecule has 0 aliphatic heterocycles. The molecule has 0 saturated heterocycles. The van der Waals surface area contributed by atoms with Crippen molar-refractivity contribution in [1.29, 1.82) is 0 Å². The number of rotatable bonds is 6. The molecule has 0 unspecified atom stereocenters. The molecule has 2 rings (SSSR count). The van der Waals surface area contributed by atoms with E-state index < -0.39 is 0 Å². The topological polar surface area (TPSA) is 49.3 Å². The number of hydrogen-bond donors (Lipinski definition) is 2. The van der Waals surface area contributed by atoms with E-state index in [-0.39, 0.29) is 12.5 Å². The summed E-state index contributed by atoms with van der Waals surface area (Å²) in [4.78, 5) is 13.2. The molecule has 0 heterocycles. The minimum Gasteiger partial charge on any atom is -0.392 e. The molecule has 0 aromatic heterocycles. The first kappa shape index (κ1) is 16.6. The van der Waals surface area contributed by atoms with E-state index in [1.807, 2.05) is 41.8 Å². The summed E-state index contributed by atoms with van der Waals surface area (Å²) in [6.07, 6.45) is 1.67. The van der Waals surface area contributed by atoms with E-state index in [1.165, 1.54) is 11.8 Å². The van der Waals surface area contributed by atoms with Crippen molar-refractivity contribution in [3.63, 3.8) is 0 Å². The Morgan fingerprint density at radius 1 is 1.14 bits per heavy atom. The van der Waals surface area contributed by atoms with Crippen LogP contribution in [0.15, 0.2) is 64.9 Å². The van der Waals surface area contributed by atoms with Gasteiger partial charge in [-0.1, -0.05) is 30.0 Å². The first-order chi connectivity index (χ1) is 10.7. The molecule has 0 saturated carbocycles. The van der Waals surface area contributed by atoms with Gasteiger partial charge in [0.1, 0.15) is 0 Å². The van der Waals surface area contributed by atoms with Crippen molar-refractivity contribution >= 4 is 35.0 Å². The summed E-state index contributed by atoms with van der Waals surface area (Å²) >= 11 is 7.23. The zero-order chi connectivity index (χ0) is 15.8. The van der Waals surface area contributed by atoms with Crippen LogP contribution in [-0.4, -0.2) is 17.6 Å². The second-order valence-corrected chi connectivity index (χ2v) is 5.73. The maximum absolute atomic E-state index is 12.1. The summed E-state index contributed by atoms with van der Waals surface area (Å²) in [5.74, 6) is 0.285. The number of nitrogens with one attached hydrogen (secondary N) is 1. The molecular formula is C17H16ClNO2S. The summed E-state index contributed by atoms with van der Waals surface area (Å²) in [5, 5.41) is 13.4. The zero-order valence-corrected chi connectivity index (χ0v) is 13.4. The Morgan fingerprint density at radius 3 is 2.41 bits per heavy atom. The fourth-order valence-electron chi connectivity index (χ4n) is 1.74. The van der Waals surface area contributed by atoms with E-state index in [9.17, 15) is 4.79 Å². The van der Waals surface area contributed by atoms with Crippen molar-refractivity contribution < 1.29 is 9.90 Å². The molecule has 2 aromatic carbocycles. The number of aliphatic hydroxyl groups is 1. The molecule has 0 atom stereocenters. The lowest BCUT2D eigenvalue weighted by Gasteiger charge is -2.06. The van der Waals surface area contributed by atoms with E-state index in [0.29, 0.717) is 11.4 Å². The van der Waals surface area contributed by atoms with Crippen molar-refractivity contribution in [3.8, 4) is 0 Å². The minimum absolute atomic E-state index is 0.0314. The number of anilines is 1. The highest BCUT2D eigenvalue weighted by Crippen LogP contribution is 2.21. The molecule has 0 aliphatic rings. The molecule has 0 aliphatic carbocycles. The number of thioether (sulfide) groups is 1. The Labute approximate surface area is 139 Å². The molecule has 2 N–H and O–H groups in total. The van der Waals surface area contributed by atoms with Gasteiger partial charge in [-0.05, 0) is 47.4 Å². The van der Waals surface area contributed by atoms with E-state index in [4.69, 9.17) is 16.7 Å². The molecule has 0 radical (unpaired) electrons. The number of aliphatic hydroxyl groups excluding tert-OH is 1. The lowest BCUT2D eigenvalue weighted by atomic mass is 10.1. The number of carbonyl (C=O) groups excluding carboxylic acids is 1. The van der Waals surface area contributed by atoms with Crippen molar-refractivity contribution in [3.05, 3.63) is 71.1 Å². The average molecular weight is 334 g/mol. The van der Waals surface area contributed by atoms with Gasteiger partial charge >= 0.3 is 0 Å². The average Bonchev–Trinajstić information content (AvgIpc) is 2.57. The van der Waals surface area contributed by atoms with E-state index >= 15 is 0 Å². The van der Waals surface area contributed by atoms with Gasteiger partial charge in [0.2, 0.25) is 0 Å². The van der Waals surface area contributed by atoms with Crippen LogP contribution >= 0.6 is 23.4 Å². The van der Waals surface area contributed by atoms with Crippen LogP contribution in [-0.2, 0) is 5.88 Å². The molecule has 2 aromatic rings. The highest BCUT2D eigenvalue weighted by molar-refractivity contribution is 8.02. The van der Waals surface area contributed by atoms with Crippen LogP contribution in [0.5, 0.6) is 0 Å². The van der Waals surface area contributed by atoms with Crippen LogP contribution in [0.3, 0.4) is 0 Å². The second-order valence-electron chi connectivity index (χ2n) is 4.48. The SMILES string of the molecule is O=C(Nc1ccc(S/C=C\CO)cc1)c1ccc(CCl)cc1. The Hall–Kier alpha value is -1.75. The number of benzene rings is 2. The molecular weight excluding hydrogens is 318 g/mol. The van der Waals surface area contributed by atoms with Crippen LogP contribution < -0.4 is 5.32 Å². The summed E-state index contributed by atoms with van der Waals surface area (Å²) in [6, 6.07) is 14.7. The standard InChI is InChI=1S/C17H16ClNO2S/c18-12-13-2-4-14(5-3-13)17(21)19-15-6-8-16(9-7-15)22-11-1-10-20/h1-9,11,20H,10,12H2,(H,19,21)/b11-1-. The third-order valence-corrected chi connectivity index (χ3v) is 4.07. The highest BCUT2D eigenvalue weighted by Gasteiger charge is 2.05. The Balaban J connectivity index is 1.97. The number of carbonyl (C=O) groups is 1. The van der Waals surface area contributed by atoms with Crippen molar-refractivity contribution in [2.45, 2.75) is 10.8 Å². The first-order valence-corrected chi connectivity index (χ1v) is 8.13. The predicted octanol–water partition coefficient (Wildman–Crippen LogP) is 4.28. The maximum Gasteiger partial charge on any atom is 0.255 e. The lowest BCUT2D eigenvalue weighted by Crippen LogP contribution is -2.11. The molecule has 3 nitrogen and oxygen atoms in total. The first-order valence-electron chi connectivity index (χ1n) is 6.72. The van der Waals surface area contributed by atoms with Crippen LogP contribution in [0.1, 0.15) is 15.9 Å². The molecule has 22 heavy (non-hydrogen) atoms. The van der Waals surface area contributed by atoms with Gasteiger partial charge in [-0.25, -0.2) is 0 Å². The lowest BCUT2D eigenvalue weighted by molar-refractivity contribution is 0.102. The second kappa shape index (κ2) is 8.63. The van der Waals surface area contributed by atoms with Crippen molar-refractivity contribution in [2.75, 3.05) is 11.9 Å². The predicted molar refractivity (Wildman–Crippen MR) is 92.5 cm³/mol. The van der Waals surface area contributed by atoms with Gasteiger partial charge in [0.05, 0.1) is 6.61 Å². The van der Waals surface area contributed by atoms with Gasteiger partial charge in [0, 0.05) is 22.0 Å². The molecule has 1 amide bonds. The monoisotopic (exact) mass is 333 g/mol. The van der Waals surface area contributed by atoms with Crippen LogP contribution in [0.2, 0.25) is 0 Å². The summed E-state index contributed by atoms with van der Waals surface area (Å²) in [6.45, 7) is 0.0314. The number of alkyl halides is 1. The maximum atomic E-state index is 12.1. The summed E-state index contributed by atoms with van der Waals surface area (Å²) in [5.41, 5.74) is 2.32. The van der Waals surface area contributed by atoms with Crippen molar-refractivity contribution in [2.24, 2.45) is 0 Å². The number of amides is 1. The van der Waals surface area contributed by atoms with Gasteiger partial charge in [0.25, 0.3) is 5.91 Å². The quantitative estimate of drug-likeness (QED) is 0.613. The molecule has 5 heteroatoms. The molecule has 114 valence electrons. The Morgan fingerprint density at radius 2 is 1.82 bits per heavy atom. The van der Waals surface area contributed by atoms with E-state index in [1.54, 1.807) is 18.2 Å². The summed E-state index contributed by atoms with van der Waals surface area (Å²) < 4.78 is 0. The Bertz CT molecular complexity index is 639. The fraction of sp³-hybridized carbons (Fsp3) is 0.118. The normalized spacial score (nSPS) is 10.8. The highest BCUT2D eigenvalue weighted by atomic mass is 35.5. The van der Waals surface area contributed by atoms with Crippen LogP contribution in [0, 0.1) is 0 Å². The smallest absolute Gasteiger partial charge is 0.255 e. The van der Waals surface area contributed by atoms with Crippen molar-refractivity contribution in [1.82, 2.24) is 0 Å². The third kappa shape index (κ3) is 4.91. The van der Waals surface area contributed by atoms with Crippen LogP contribution in [0.25, 0.3) is 0 Å². The van der Waals surface area contributed by atoms with Gasteiger partial charge in [-0.2, -0.15) is 0 Å². The summed E-state index contributed by atoms with van der Waals surface area (Å²) in [7, 11) is 0. The fourth-order valence-corrected chi connectivity index (χ4v) is 2.55. The number of halogens is 1. The van der Waals surface area contributed by atoms with Crippen LogP contribution in [0.4, 0.5) is 5.69 Å². The zero-order valence-electron chi connectivity index (χ0n) is 11.8. The van der Waals surface area contributed by atoms with Gasteiger partial charge in [0.15, 0.2) is 0 Å². The number of hydrogen-bond acceptors (Lipinski definition) is 3. The van der Waals surface area contributed by atoms with Gasteiger partial charge in [-0.3, -0.25) is 4.79 Å². The Kier molecular flexibility index (Phi) is 6.52. The largest absolute Gasteiger partial charge is 0.392 e. The van der Waals surface area contributed by atoms with Gasteiger partial charge < -0.3 is 10.4 Å². The molecule has 0 bridgehead atoms.